The molecule has 1 N–H and O–H groups in total. The first-order valence-corrected chi connectivity index (χ1v) is 9.51. The molecule has 0 saturated carbocycles. The van der Waals surface area contributed by atoms with Gasteiger partial charge < -0.3 is 0 Å². The number of pyridine rings is 1. The molecule has 0 bridgehead atoms. The van der Waals surface area contributed by atoms with E-state index < -0.39 is 10.0 Å². The summed E-state index contributed by atoms with van der Waals surface area (Å²) in [4.78, 5) is 4.64. The summed E-state index contributed by atoms with van der Waals surface area (Å²) in [6, 6.07) is 19.7. The summed E-state index contributed by atoms with van der Waals surface area (Å²) in [5, 5.41) is 5.33. The zero-order valence-electron chi connectivity index (χ0n) is 14.0. The number of hydrogen-bond acceptors (Lipinski definition) is 4. The lowest BCUT2D eigenvalue weighted by Gasteiger charge is -2.08. The summed E-state index contributed by atoms with van der Waals surface area (Å²) < 4.78 is 29.3. The lowest BCUT2D eigenvalue weighted by atomic mass is 10.2. The summed E-state index contributed by atoms with van der Waals surface area (Å²) in [7, 11) is -3.66. The fourth-order valence-corrected chi connectivity index (χ4v) is 3.82. The van der Waals surface area contributed by atoms with Gasteiger partial charge in [-0.15, -0.1) is 0 Å². The standard InChI is InChI=1S/C19H16N4O2S/c1-14-18-12-15(22-26(24,25)17-10-6-3-7-11-17)13-20-19(18)23(21-14)16-8-4-2-5-9-16/h2-13,22H,1H3. The number of nitrogens with zero attached hydrogens (tertiary/aromatic N) is 3. The van der Waals surface area contributed by atoms with E-state index in [0.717, 1.165) is 16.8 Å². The number of sulfonamides is 1. The van der Waals surface area contributed by atoms with Crippen LogP contribution in [0.3, 0.4) is 0 Å². The summed E-state index contributed by atoms with van der Waals surface area (Å²) in [5.74, 6) is 0. The highest BCUT2D eigenvalue weighted by molar-refractivity contribution is 7.92. The van der Waals surface area contributed by atoms with E-state index in [1.54, 1.807) is 41.1 Å². The van der Waals surface area contributed by atoms with E-state index in [-0.39, 0.29) is 4.90 Å². The van der Waals surface area contributed by atoms with Crippen LogP contribution in [0, 0.1) is 6.92 Å². The first-order chi connectivity index (χ1) is 12.5. The average Bonchev–Trinajstić information content (AvgIpc) is 2.99. The van der Waals surface area contributed by atoms with Crippen LogP contribution in [-0.2, 0) is 10.0 Å². The molecule has 2 heterocycles. The Balaban J connectivity index is 1.74. The molecule has 6 nitrogen and oxygen atoms in total. The SMILES string of the molecule is Cc1nn(-c2ccccc2)c2ncc(NS(=O)(=O)c3ccccc3)cc12. The Morgan fingerprint density at radius 1 is 0.962 bits per heavy atom. The van der Waals surface area contributed by atoms with Crippen LogP contribution in [-0.4, -0.2) is 23.2 Å². The molecule has 4 aromatic rings. The second kappa shape index (κ2) is 6.27. The van der Waals surface area contributed by atoms with Crippen molar-refractivity contribution in [1.82, 2.24) is 14.8 Å². The zero-order chi connectivity index (χ0) is 18.1. The predicted octanol–water partition coefficient (Wildman–Crippen LogP) is 3.53. The molecule has 0 spiro atoms. The Morgan fingerprint density at radius 2 is 1.62 bits per heavy atom. The number of fused-ring (bicyclic) bond motifs is 1. The third-order valence-electron chi connectivity index (χ3n) is 4.01. The van der Waals surface area contributed by atoms with Gasteiger partial charge in [0.15, 0.2) is 5.65 Å². The number of para-hydroxylation sites is 1. The normalized spacial score (nSPS) is 11.6. The van der Waals surface area contributed by atoms with Gasteiger partial charge >= 0.3 is 0 Å². The number of hydrogen-bond donors (Lipinski definition) is 1. The van der Waals surface area contributed by atoms with Crippen LogP contribution in [0.4, 0.5) is 5.69 Å². The fourth-order valence-electron chi connectivity index (χ4n) is 2.76. The topological polar surface area (TPSA) is 76.9 Å². The van der Waals surface area contributed by atoms with E-state index in [2.05, 4.69) is 14.8 Å². The number of nitrogens with one attached hydrogen (secondary N) is 1. The summed E-state index contributed by atoms with van der Waals surface area (Å²) in [6.07, 6.45) is 1.50. The number of rotatable bonds is 4. The molecule has 4 rings (SSSR count). The maximum absolute atomic E-state index is 12.5. The average molecular weight is 364 g/mol. The van der Waals surface area contributed by atoms with Crippen LogP contribution < -0.4 is 4.72 Å². The Morgan fingerprint density at radius 3 is 2.31 bits per heavy atom. The Kier molecular flexibility index (Phi) is 3.93. The Labute approximate surface area is 151 Å². The van der Waals surface area contributed by atoms with Gasteiger partial charge in [0.25, 0.3) is 10.0 Å². The molecule has 0 radical (unpaired) electrons. The maximum atomic E-state index is 12.5. The minimum atomic E-state index is -3.66. The van der Waals surface area contributed by atoms with E-state index >= 15 is 0 Å². The molecular weight excluding hydrogens is 348 g/mol. The number of aromatic nitrogens is 3. The van der Waals surface area contributed by atoms with Crippen molar-refractivity contribution in [1.29, 1.82) is 0 Å². The van der Waals surface area contributed by atoms with E-state index in [1.165, 1.54) is 6.20 Å². The second-order valence-electron chi connectivity index (χ2n) is 5.85. The molecule has 0 fully saturated rings. The van der Waals surface area contributed by atoms with Gasteiger partial charge in [-0.1, -0.05) is 36.4 Å². The molecule has 130 valence electrons. The van der Waals surface area contributed by atoms with Gasteiger partial charge in [-0.2, -0.15) is 5.10 Å². The minimum absolute atomic E-state index is 0.205. The van der Waals surface area contributed by atoms with Crippen molar-refractivity contribution in [3.63, 3.8) is 0 Å². The van der Waals surface area contributed by atoms with E-state index in [9.17, 15) is 8.42 Å². The summed E-state index contributed by atoms with van der Waals surface area (Å²) in [6.45, 7) is 1.87. The quantitative estimate of drug-likeness (QED) is 0.601. The summed E-state index contributed by atoms with van der Waals surface area (Å²) >= 11 is 0. The predicted molar refractivity (Wildman–Crippen MR) is 101 cm³/mol. The maximum Gasteiger partial charge on any atom is 0.261 e. The molecule has 0 aliphatic rings. The molecule has 0 amide bonds. The molecule has 26 heavy (non-hydrogen) atoms. The molecule has 0 unspecified atom stereocenters. The van der Waals surface area contributed by atoms with Crippen LogP contribution in [0.15, 0.2) is 77.8 Å². The van der Waals surface area contributed by atoms with Crippen molar-refractivity contribution in [2.45, 2.75) is 11.8 Å². The lowest BCUT2D eigenvalue weighted by Crippen LogP contribution is -2.13. The number of anilines is 1. The van der Waals surface area contributed by atoms with Crippen LogP contribution in [0.5, 0.6) is 0 Å². The van der Waals surface area contributed by atoms with Crippen molar-refractivity contribution in [3.05, 3.63) is 78.6 Å². The Bertz CT molecular complexity index is 1170. The van der Waals surface area contributed by atoms with Crippen molar-refractivity contribution in [2.24, 2.45) is 0 Å². The highest BCUT2D eigenvalue weighted by Gasteiger charge is 2.16. The first kappa shape index (κ1) is 16.3. The monoisotopic (exact) mass is 364 g/mol. The van der Waals surface area contributed by atoms with Gasteiger partial charge in [0.1, 0.15) is 0 Å². The molecule has 0 aliphatic carbocycles. The van der Waals surface area contributed by atoms with E-state index in [1.807, 2.05) is 37.3 Å². The minimum Gasteiger partial charge on any atom is -0.278 e. The van der Waals surface area contributed by atoms with E-state index in [4.69, 9.17) is 0 Å². The number of aryl methyl sites for hydroxylation is 1. The van der Waals surface area contributed by atoms with Crippen LogP contribution in [0.1, 0.15) is 5.69 Å². The fraction of sp³-hybridized carbons (Fsp3) is 0.0526. The van der Waals surface area contributed by atoms with Crippen LogP contribution in [0.25, 0.3) is 16.7 Å². The molecule has 7 heteroatoms. The van der Waals surface area contributed by atoms with E-state index in [0.29, 0.717) is 11.3 Å². The van der Waals surface area contributed by atoms with Crippen molar-refractivity contribution >= 4 is 26.7 Å². The third-order valence-corrected chi connectivity index (χ3v) is 5.41. The van der Waals surface area contributed by atoms with Gasteiger partial charge in [-0.3, -0.25) is 4.72 Å². The second-order valence-corrected chi connectivity index (χ2v) is 7.53. The number of benzene rings is 2. The largest absolute Gasteiger partial charge is 0.278 e. The van der Waals surface area contributed by atoms with Crippen molar-refractivity contribution in [2.75, 3.05) is 4.72 Å². The Hall–Kier alpha value is -3.19. The molecule has 2 aromatic heterocycles. The van der Waals surface area contributed by atoms with Gasteiger partial charge in [-0.05, 0) is 37.3 Å². The lowest BCUT2D eigenvalue weighted by molar-refractivity contribution is 0.601. The van der Waals surface area contributed by atoms with Gasteiger partial charge in [0.05, 0.1) is 28.2 Å². The van der Waals surface area contributed by atoms with Gasteiger partial charge in [-0.25, -0.2) is 18.1 Å². The molecule has 0 atom stereocenters. The molecular formula is C19H16N4O2S. The van der Waals surface area contributed by atoms with Crippen molar-refractivity contribution < 1.29 is 8.42 Å². The van der Waals surface area contributed by atoms with Crippen molar-refractivity contribution in [3.8, 4) is 5.69 Å². The molecule has 0 aliphatic heterocycles. The molecule has 2 aromatic carbocycles. The third kappa shape index (κ3) is 2.93. The van der Waals surface area contributed by atoms with Crippen LogP contribution >= 0.6 is 0 Å². The van der Waals surface area contributed by atoms with Gasteiger partial charge in [0, 0.05) is 5.39 Å². The van der Waals surface area contributed by atoms with Crippen LogP contribution in [0.2, 0.25) is 0 Å². The summed E-state index contributed by atoms with van der Waals surface area (Å²) in [5.41, 5.74) is 2.75. The highest BCUT2D eigenvalue weighted by Crippen LogP contribution is 2.24. The first-order valence-electron chi connectivity index (χ1n) is 8.03. The highest BCUT2D eigenvalue weighted by atomic mass is 32.2. The van der Waals surface area contributed by atoms with Gasteiger partial charge in [0.2, 0.25) is 0 Å². The molecule has 0 saturated heterocycles. The zero-order valence-corrected chi connectivity index (χ0v) is 14.8. The smallest absolute Gasteiger partial charge is 0.261 e.